The molecule has 4 aromatic rings. The summed E-state index contributed by atoms with van der Waals surface area (Å²) in [7, 11) is 0. The second kappa shape index (κ2) is 12.5. The maximum absolute atomic E-state index is 13.2. The Bertz CT molecular complexity index is 1590. The summed E-state index contributed by atoms with van der Waals surface area (Å²) in [5.41, 5.74) is 1.42. The van der Waals surface area contributed by atoms with Crippen LogP contribution in [0, 0.1) is 5.82 Å². The summed E-state index contributed by atoms with van der Waals surface area (Å²) in [6, 6.07) is 20.7. The molecule has 1 saturated heterocycles. The predicted octanol–water partition coefficient (Wildman–Crippen LogP) is 4.54. The smallest absolute Gasteiger partial charge is 0.260 e. The van der Waals surface area contributed by atoms with Crippen molar-refractivity contribution in [2.45, 2.75) is 26.1 Å². The number of ether oxygens (including phenoxy) is 1. The van der Waals surface area contributed by atoms with E-state index in [4.69, 9.17) is 16.3 Å². The minimum atomic E-state index is -0.644. The average molecular weight is 577 g/mol. The van der Waals surface area contributed by atoms with Gasteiger partial charge in [0.15, 0.2) is 6.61 Å². The minimum Gasteiger partial charge on any atom is -0.482 e. The number of nitrogens with one attached hydrogen (secondary N) is 2. The molecule has 2 N–H and O–H groups in total. The van der Waals surface area contributed by atoms with Gasteiger partial charge in [0.05, 0.1) is 5.69 Å². The Kier molecular flexibility index (Phi) is 8.66. The second-order valence-corrected chi connectivity index (χ2v) is 10.5. The number of halogens is 2. The molecule has 0 aromatic heterocycles. The van der Waals surface area contributed by atoms with Gasteiger partial charge in [0, 0.05) is 43.8 Å². The molecule has 1 aliphatic rings. The quantitative estimate of drug-likeness (QED) is 0.268. The van der Waals surface area contributed by atoms with Crippen molar-refractivity contribution in [1.82, 2.24) is 9.80 Å². The molecule has 4 aromatic carbocycles. The van der Waals surface area contributed by atoms with Crippen molar-refractivity contribution in [3.63, 3.8) is 0 Å². The van der Waals surface area contributed by atoms with Gasteiger partial charge in [-0.05, 0) is 48.4 Å². The average Bonchev–Trinajstić information content (AvgIpc) is 2.97. The third-order valence-electron chi connectivity index (χ3n) is 7.13. The Morgan fingerprint density at radius 3 is 2.44 bits per heavy atom. The number of hydrogen-bond acceptors (Lipinski definition) is 7. The van der Waals surface area contributed by atoms with Crippen LogP contribution >= 0.6 is 11.6 Å². The standard InChI is InChI=1S/C31H30ClFN4O4/c1-20-17-36(18-22-7-10-24(33)11-8-22)13-14-37(20)27(38)19-41-26-12-9-23(32)15-25(26)35-29-28(30(39)31(29)40)34-16-21-5-3-2-4-6-21/h2-12,15,20,34-35H,13-14,16-19H2,1H3/t20-/m1/s1. The molecule has 1 atom stereocenters. The van der Waals surface area contributed by atoms with E-state index < -0.39 is 10.9 Å². The zero-order valence-corrected chi connectivity index (χ0v) is 23.3. The first-order valence-electron chi connectivity index (χ1n) is 13.3. The summed E-state index contributed by atoms with van der Waals surface area (Å²) in [6.07, 6.45) is 0. The zero-order chi connectivity index (χ0) is 28.9. The molecular weight excluding hydrogens is 547 g/mol. The molecule has 41 heavy (non-hydrogen) atoms. The van der Waals surface area contributed by atoms with Crippen molar-refractivity contribution in [1.29, 1.82) is 0 Å². The third kappa shape index (κ3) is 6.75. The number of nitrogens with zero attached hydrogens (tertiary/aromatic N) is 2. The first-order chi connectivity index (χ1) is 19.8. The van der Waals surface area contributed by atoms with E-state index in [-0.39, 0.29) is 35.7 Å². The van der Waals surface area contributed by atoms with Gasteiger partial charge < -0.3 is 20.3 Å². The highest BCUT2D eigenvalue weighted by atomic mass is 35.5. The lowest BCUT2D eigenvalue weighted by Crippen LogP contribution is -2.54. The number of hydrogen-bond donors (Lipinski definition) is 2. The minimum absolute atomic E-state index is 0.0369. The highest BCUT2D eigenvalue weighted by molar-refractivity contribution is 6.31. The van der Waals surface area contributed by atoms with Gasteiger partial charge in [0.2, 0.25) is 0 Å². The van der Waals surface area contributed by atoms with Crippen LogP contribution in [0.1, 0.15) is 18.1 Å². The molecule has 0 unspecified atom stereocenters. The lowest BCUT2D eigenvalue weighted by molar-refractivity contribution is -0.137. The molecule has 0 radical (unpaired) electrons. The molecule has 0 saturated carbocycles. The predicted molar refractivity (Wildman–Crippen MR) is 158 cm³/mol. The van der Waals surface area contributed by atoms with Gasteiger partial charge in [-0.25, -0.2) is 4.39 Å². The maximum atomic E-state index is 13.2. The van der Waals surface area contributed by atoms with E-state index in [0.717, 1.165) is 11.1 Å². The summed E-state index contributed by atoms with van der Waals surface area (Å²) < 4.78 is 19.1. The van der Waals surface area contributed by atoms with Crippen LogP contribution in [0.2, 0.25) is 5.02 Å². The number of carbonyl (C=O) groups excluding carboxylic acids is 1. The van der Waals surface area contributed by atoms with Crippen LogP contribution in [-0.4, -0.2) is 48.0 Å². The second-order valence-electron chi connectivity index (χ2n) is 10.1. The van der Waals surface area contributed by atoms with Crippen molar-refractivity contribution in [3.05, 3.63) is 115 Å². The molecule has 0 spiro atoms. The van der Waals surface area contributed by atoms with Gasteiger partial charge in [0.25, 0.3) is 16.8 Å². The van der Waals surface area contributed by atoms with Crippen molar-refractivity contribution in [3.8, 4) is 5.75 Å². The molecule has 1 amide bonds. The molecule has 1 fully saturated rings. The number of piperazine rings is 1. The van der Waals surface area contributed by atoms with Gasteiger partial charge in [-0.15, -0.1) is 0 Å². The first-order valence-corrected chi connectivity index (χ1v) is 13.7. The van der Waals surface area contributed by atoms with Gasteiger partial charge in [0.1, 0.15) is 22.9 Å². The largest absolute Gasteiger partial charge is 0.482 e. The van der Waals surface area contributed by atoms with Crippen molar-refractivity contribution in [2.24, 2.45) is 0 Å². The number of rotatable bonds is 10. The number of anilines is 3. The van der Waals surface area contributed by atoms with E-state index in [9.17, 15) is 18.8 Å². The Balaban J connectivity index is 1.20. The zero-order valence-electron chi connectivity index (χ0n) is 22.5. The van der Waals surface area contributed by atoms with E-state index >= 15 is 0 Å². The Hall–Kier alpha value is -4.21. The fourth-order valence-electron chi connectivity index (χ4n) is 4.94. The lowest BCUT2D eigenvalue weighted by Gasteiger charge is -2.39. The summed E-state index contributed by atoms with van der Waals surface area (Å²) in [5, 5.41) is 6.41. The molecule has 0 aliphatic carbocycles. The summed E-state index contributed by atoms with van der Waals surface area (Å²) in [6.45, 7) is 4.75. The SMILES string of the molecule is C[C@@H]1CN(Cc2ccc(F)cc2)CCN1C(=O)COc1ccc(Cl)cc1Nc1c(NCc2ccccc2)c(=O)c1=O. The molecule has 5 rings (SSSR count). The fourth-order valence-corrected chi connectivity index (χ4v) is 5.12. The van der Waals surface area contributed by atoms with E-state index in [1.807, 2.05) is 37.3 Å². The van der Waals surface area contributed by atoms with E-state index in [0.29, 0.717) is 49.2 Å². The van der Waals surface area contributed by atoms with E-state index in [1.54, 1.807) is 35.2 Å². The summed E-state index contributed by atoms with van der Waals surface area (Å²) in [4.78, 5) is 41.8. The lowest BCUT2D eigenvalue weighted by atomic mass is 10.1. The molecular formula is C31H30ClFN4O4. The van der Waals surface area contributed by atoms with Gasteiger partial charge in [-0.3, -0.25) is 19.3 Å². The van der Waals surface area contributed by atoms with Gasteiger partial charge in [-0.1, -0.05) is 54.1 Å². The van der Waals surface area contributed by atoms with Crippen LogP contribution in [0.5, 0.6) is 5.75 Å². The third-order valence-corrected chi connectivity index (χ3v) is 7.36. The van der Waals surface area contributed by atoms with Crippen LogP contribution < -0.4 is 26.2 Å². The van der Waals surface area contributed by atoms with Crippen LogP contribution in [0.15, 0.2) is 82.4 Å². The van der Waals surface area contributed by atoms with Crippen molar-refractivity contribution < 1.29 is 13.9 Å². The van der Waals surface area contributed by atoms with E-state index in [2.05, 4.69) is 15.5 Å². The van der Waals surface area contributed by atoms with Crippen molar-refractivity contribution >= 4 is 34.6 Å². The molecule has 0 bridgehead atoms. The number of carbonyl (C=O) groups is 1. The highest BCUT2D eigenvalue weighted by Gasteiger charge is 2.28. The van der Waals surface area contributed by atoms with E-state index in [1.165, 1.54) is 12.1 Å². The molecule has 212 valence electrons. The van der Waals surface area contributed by atoms with Crippen LogP contribution in [-0.2, 0) is 17.9 Å². The molecule has 10 heteroatoms. The number of benzene rings is 3. The maximum Gasteiger partial charge on any atom is 0.260 e. The summed E-state index contributed by atoms with van der Waals surface area (Å²) >= 11 is 6.21. The normalized spacial score (nSPS) is 15.6. The Labute approximate surface area is 242 Å². The van der Waals surface area contributed by atoms with Crippen LogP contribution in [0.3, 0.4) is 0 Å². The molecule has 1 aliphatic heterocycles. The van der Waals surface area contributed by atoms with Crippen LogP contribution in [0.25, 0.3) is 0 Å². The monoisotopic (exact) mass is 576 g/mol. The van der Waals surface area contributed by atoms with Crippen molar-refractivity contribution in [2.75, 3.05) is 36.9 Å². The Morgan fingerprint density at radius 2 is 1.71 bits per heavy atom. The molecule has 1 heterocycles. The summed E-state index contributed by atoms with van der Waals surface area (Å²) in [5.74, 6) is -0.104. The molecule has 8 nitrogen and oxygen atoms in total. The first kappa shape index (κ1) is 28.3. The highest BCUT2D eigenvalue weighted by Crippen LogP contribution is 2.32. The van der Waals surface area contributed by atoms with Crippen LogP contribution in [0.4, 0.5) is 21.5 Å². The number of amides is 1. The topological polar surface area (TPSA) is 91.0 Å². The Morgan fingerprint density at radius 1 is 0.976 bits per heavy atom. The fraction of sp³-hybridized carbons (Fsp3) is 0.258. The van der Waals surface area contributed by atoms with Gasteiger partial charge >= 0.3 is 0 Å². The van der Waals surface area contributed by atoms with Gasteiger partial charge in [-0.2, -0.15) is 0 Å².